The largest absolute Gasteiger partial charge is 0.394 e. The molecular weight excluding hydrogens is 257 g/mol. The van der Waals surface area contributed by atoms with Gasteiger partial charge in [0.25, 0.3) is 0 Å². The lowest BCUT2D eigenvalue weighted by Gasteiger charge is -2.36. The highest BCUT2D eigenvalue weighted by atomic mass is 35.5. The van der Waals surface area contributed by atoms with Gasteiger partial charge in [-0.05, 0) is 44.2 Å². The van der Waals surface area contributed by atoms with Crippen molar-refractivity contribution in [3.8, 4) is 0 Å². The molecule has 1 N–H and O–H groups in total. The number of aliphatic hydroxyl groups is 1. The summed E-state index contributed by atoms with van der Waals surface area (Å²) in [5.41, 5.74) is 0.725. The molecule has 0 atom stereocenters. The monoisotopic (exact) mass is 275 g/mol. The van der Waals surface area contributed by atoms with E-state index in [1.54, 1.807) is 12.1 Å². The Labute approximate surface area is 113 Å². The van der Waals surface area contributed by atoms with Crippen molar-refractivity contribution in [2.24, 2.45) is 0 Å². The number of hydrogen-bond donors (Lipinski definition) is 1. The third kappa shape index (κ3) is 3.85. The van der Waals surface area contributed by atoms with E-state index in [9.17, 15) is 5.11 Å². The van der Waals surface area contributed by atoms with E-state index < -0.39 is 0 Å². The van der Waals surface area contributed by atoms with Gasteiger partial charge in [-0.1, -0.05) is 30.1 Å². The highest BCUT2D eigenvalue weighted by molar-refractivity contribution is 6.33. The molecule has 96 valence electrons. The first kappa shape index (κ1) is 14.8. The number of aliphatic hydroxyl groups excluding tert-OH is 1. The van der Waals surface area contributed by atoms with Gasteiger partial charge in [0.15, 0.2) is 0 Å². The Bertz CT molecular complexity index is 380. The highest BCUT2D eigenvalue weighted by Crippen LogP contribution is 2.25. The van der Waals surface area contributed by atoms with Crippen molar-refractivity contribution < 1.29 is 5.11 Å². The molecule has 0 saturated heterocycles. The topological polar surface area (TPSA) is 23.5 Å². The summed E-state index contributed by atoms with van der Waals surface area (Å²) in [5.74, 6) is 0. The van der Waals surface area contributed by atoms with E-state index in [1.807, 2.05) is 19.9 Å². The summed E-state index contributed by atoms with van der Waals surface area (Å²) in [5, 5.41) is 10.8. The van der Waals surface area contributed by atoms with Gasteiger partial charge in [-0.3, -0.25) is 4.90 Å². The third-order valence-electron chi connectivity index (χ3n) is 2.99. The van der Waals surface area contributed by atoms with E-state index in [0.717, 1.165) is 12.1 Å². The van der Waals surface area contributed by atoms with Crippen LogP contribution in [0.25, 0.3) is 0 Å². The van der Waals surface area contributed by atoms with E-state index in [2.05, 4.69) is 11.8 Å². The Balaban J connectivity index is 2.91. The number of nitrogens with zero attached hydrogens (tertiary/aromatic N) is 1. The minimum atomic E-state index is -0.263. The van der Waals surface area contributed by atoms with E-state index in [0.29, 0.717) is 16.6 Å². The molecule has 2 nitrogen and oxygen atoms in total. The molecule has 0 unspecified atom stereocenters. The summed E-state index contributed by atoms with van der Waals surface area (Å²) in [6, 6.07) is 5.46. The van der Waals surface area contributed by atoms with Crippen molar-refractivity contribution in [1.82, 2.24) is 4.90 Å². The first-order valence-corrected chi connectivity index (χ1v) is 6.46. The molecular formula is C13H19Cl2NO. The Hall–Kier alpha value is -0.280. The Morgan fingerprint density at radius 2 is 1.94 bits per heavy atom. The van der Waals surface area contributed by atoms with Crippen molar-refractivity contribution in [3.63, 3.8) is 0 Å². The average molecular weight is 276 g/mol. The molecule has 1 aromatic rings. The van der Waals surface area contributed by atoms with Crippen LogP contribution in [0.4, 0.5) is 0 Å². The Morgan fingerprint density at radius 3 is 2.47 bits per heavy atom. The number of hydrogen-bond acceptors (Lipinski definition) is 2. The molecule has 0 aliphatic heterocycles. The van der Waals surface area contributed by atoms with Crippen LogP contribution in [0.15, 0.2) is 18.2 Å². The van der Waals surface area contributed by atoms with Crippen molar-refractivity contribution in [1.29, 1.82) is 0 Å². The van der Waals surface area contributed by atoms with Crippen molar-refractivity contribution in [3.05, 3.63) is 33.8 Å². The lowest BCUT2D eigenvalue weighted by Crippen LogP contribution is -2.46. The summed E-state index contributed by atoms with van der Waals surface area (Å²) >= 11 is 12.1. The van der Waals surface area contributed by atoms with Crippen LogP contribution in [0, 0.1) is 0 Å². The molecule has 0 aromatic heterocycles. The average Bonchev–Trinajstić information content (AvgIpc) is 2.30. The van der Waals surface area contributed by atoms with Gasteiger partial charge >= 0.3 is 0 Å². The maximum atomic E-state index is 9.40. The van der Waals surface area contributed by atoms with Crippen molar-refractivity contribution in [2.75, 3.05) is 13.2 Å². The molecule has 4 heteroatoms. The van der Waals surface area contributed by atoms with E-state index in [-0.39, 0.29) is 12.1 Å². The van der Waals surface area contributed by atoms with Gasteiger partial charge in [0.05, 0.1) is 6.61 Å². The van der Waals surface area contributed by atoms with Gasteiger partial charge in [0, 0.05) is 22.1 Å². The lowest BCUT2D eigenvalue weighted by molar-refractivity contribution is 0.0552. The van der Waals surface area contributed by atoms with E-state index in [1.165, 1.54) is 0 Å². The van der Waals surface area contributed by atoms with E-state index in [4.69, 9.17) is 23.2 Å². The van der Waals surface area contributed by atoms with Crippen LogP contribution in [0.3, 0.4) is 0 Å². The molecule has 1 aromatic carbocycles. The molecule has 0 aliphatic carbocycles. The SMILES string of the molecule is CCN(Cc1cc(Cl)ccc1Cl)C(C)(C)CO. The minimum Gasteiger partial charge on any atom is -0.394 e. The number of halogens is 2. The zero-order chi connectivity index (χ0) is 13.1. The fraction of sp³-hybridized carbons (Fsp3) is 0.538. The molecule has 0 saturated carbocycles. The second-order valence-corrected chi connectivity index (χ2v) is 5.56. The molecule has 0 bridgehead atoms. The second-order valence-electron chi connectivity index (χ2n) is 4.72. The van der Waals surface area contributed by atoms with Crippen LogP contribution < -0.4 is 0 Å². The van der Waals surface area contributed by atoms with Crippen LogP contribution >= 0.6 is 23.2 Å². The second kappa shape index (κ2) is 6.05. The van der Waals surface area contributed by atoms with Gasteiger partial charge in [-0.15, -0.1) is 0 Å². The van der Waals surface area contributed by atoms with Gasteiger partial charge in [-0.25, -0.2) is 0 Å². The smallest absolute Gasteiger partial charge is 0.0610 e. The van der Waals surface area contributed by atoms with Crippen LogP contribution in [-0.2, 0) is 6.54 Å². The molecule has 17 heavy (non-hydrogen) atoms. The summed E-state index contributed by atoms with van der Waals surface area (Å²) < 4.78 is 0. The van der Waals surface area contributed by atoms with Crippen LogP contribution in [0.5, 0.6) is 0 Å². The first-order valence-electron chi connectivity index (χ1n) is 5.70. The maximum absolute atomic E-state index is 9.40. The number of rotatable bonds is 5. The van der Waals surface area contributed by atoms with Crippen LogP contribution in [0.2, 0.25) is 10.0 Å². The van der Waals surface area contributed by atoms with Crippen molar-refractivity contribution >= 4 is 23.2 Å². The molecule has 0 aliphatic rings. The third-order valence-corrected chi connectivity index (χ3v) is 3.60. The fourth-order valence-corrected chi connectivity index (χ4v) is 2.10. The van der Waals surface area contributed by atoms with Crippen LogP contribution in [-0.4, -0.2) is 28.7 Å². The summed E-state index contributed by atoms with van der Waals surface area (Å²) in [7, 11) is 0. The molecule has 0 amide bonds. The van der Waals surface area contributed by atoms with Crippen LogP contribution in [0.1, 0.15) is 26.3 Å². The lowest BCUT2D eigenvalue weighted by atomic mass is 10.0. The Kier molecular flexibility index (Phi) is 5.26. The molecule has 0 spiro atoms. The maximum Gasteiger partial charge on any atom is 0.0610 e. The standard InChI is InChI=1S/C13H19Cl2NO/c1-4-16(13(2,3)9-17)8-10-7-11(14)5-6-12(10)15/h5-7,17H,4,8-9H2,1-3H3. The first-order chi connectivity index (χ1) is 7.90. The highest BCUT2D eigenvalue weighted by Gasteiger charge is 2.25. The van der Waals surface area contributed by atoms with E-state index >= 15 is 0 Å². The predicted molar refractivity (Wildman–Crippen MR) is 73.7 cm³/mol. The van der Waals surface area contributed by atoms with Gasteiger partial charge < -0.3 is 5.11 Å². The zero-order valence-electron chi connectivity index (χ0n) is 10.5. The Morgan fingerprint density at radius 1 is 1.29 bits per heavy atom. The molecule has 0 fully saturated rings. The van der Waals surface area contributed by atoms with Gasteiger partial charge in [-0.2, -0.15) is 0 Å². The quantitative estimate of drug-likeness (QED) is 0.888. The minimum absolute atomic E-state index is 0.110. The van der Waals surface area contributed by atoms with Gasteiger partial charge in [0.1, 0.15) is 0 Å². The van der Waals surface area contributed by atoms with Crippen molar-refractivity contribution in [2.45, 2.75) is 32.9 Å². The zero-order valence-corrected chi connectivity index (χ0v) is 12.0. The summed E-state index contributed by atoms with van der Waals surface area (Å²) in [4.78, 5) is 2.17. The summed E-state index contributed by atoms with van der Waals surface area (Å²) in [6.45, 7) is 7.72. The van der Waals surface area contributed by atoms with Gasteiger partial charge in [0.2, 0.25) is 0 Å². The predicted octanol–water partition coefficient (Wildman–Crippen LogP) is 3.59. The molecule has 0 radical (unpaired) electrons. The molecule has 1 rings (SSSR count). The number of likely N-dealkylation sites (N-methyl/N-ethyl adjacent to an activating group) is 1. The number of benzene rings is 1. The fourth-order valence-electron chi connectivity index (χ4n) is 1.72. The normalized spacial score (nSPS) is 12.2. The summed E-state index contributed by atoms with van der Waals surface area (Å²) in [6.07, 6.45) is 0. The molecule has 0 heterocycles.